The van der Waals surface area contributed by atoms with Gasteiger partial charge in [-0.3, -0.25) is 14.5 Å². The summed E-state index contributed by atoms with van der Waals surface area (Å²) in [7, 11) is 0. The molecule has 0 radical (unpaired) electrons. The molecule has 92 valence electrons. The number of morpholine rings is 1. The van der Waals surface area contributed by atoms with Crippen LogP contribution in [0.2, 0.25) is 0 Å². The van der Waals surface area contributed by atoms with E-state index in [4.69, 9.17) is 9.57 Å². The zero-order valence-electron chi connectivity index (χ0n) is 9.35. The number of ether oxygens (including phenoxy) is 1. The SMILES string of the molecule is O=CNOCC1CC(N2CCOCC2)CN1. The van der Waals surface area contributed by atoms with Crippen molar-refractivity contribution in [3.8, 4) is 0 Å². The smallest absolute Gasteiger partial charge is 0.230 e. The first-order valence-electron chi connectivity index (χ1n) is 5.76. The molecule has 0 aliphatic carbocycles. The van der Waals surface area contributed by atoms with E-state index in [-0.39, 0.29) is 0 Å². The number of carbonyl (C=O) groups excluding carboxylic acids is 1. The van der Waals surface area contributed by atoms with E-state index in [9.17, 15) is 4.79 Å². The van der Waals surface area contributed by atoms with Crippen molar-refractivity contribution in [1.82, 2.24) is 15.7 Å². The number of carbonyl (C=O) groups is 1. The van der Waals surface area contributed by atoms with Gasteiger partial charge >= 0.3 is 0 Å². The van der Waals surface area contributed by atoms with E-state index >= 15 is 0 Å². The highest BCUT2D eigenvalue weighted by Crippen LogP contribution is 2.15. The monoisotopic (exact) mass is 229 g/mol. The van der Waals surface area contributed by atoms with Gasteiger partial charge in [0.05, 0.1) is 19.8 Å². The van der Waals surface area contributed by atoms with Gasteiger partial charge in [0.1, 0.15) is 0 Å². The Balaban J connectivity index is 1.68. The molecule has 2 heterocycles. The summed E-state index contributed by atoms with van der Waals surface area (Å²) in [5, 5.41) is 3.40. The van der Waals surface area contributed by atoms with Crippen molar-refractivity contribution >= 4 is 6.41 Å². The lowest BCUT2D eigenvalue weighted by molar-refractivity contribution is -0.121. The fourth-order valence-electron chi connectivity index (χ4n) is 2.33. The molecule has 2 aliphatic rings. The molecule has 2 aliphatic heterocycles. The van der Waals surface area contributed by atoms with Gasteiger partial charge in [0.15, 0.2) is 0 Å². The van der Waals surface area contributed by atoms with Crippen LogP contribution >= 0.6 is 0 Å². The maximum absolute atomic E-state index is 10.0. The van der Waals surface area contributed by atoms with Gasteiger partial charge in [-0.2, -0.15) is 0 Å². The van der Waals surface area contributed by atoms with Crippen LogP contribution in [0, 0.1) is 0 Å². The summed E-state index contributed by atoms with van der Waals surface area (Å²) in [6.45, 7) is 5.24. The summed E-state index contributed by atoms with van der Waals surface area (Å²) in [6.07, 6.45) is 1.62. The first-order valence-corrected chi connectivity index (χ1v) is 5.76. The molecular weight excluding hydrogens is 210 g/mol. The fraction of sp³-hybridized carbons (Fsp3) is 0.900. The molecule has 6 nitrogen and oxygen atoms in total. The minimum absolute atomic E-state index is 0.334. The Kier molecular flexibility index (Phi) is 4.53. The number of hydroxylamine groups is 1. The molecule has 0 aromatic rings. The van der Waals surface area contributed by atoms with Crippen LogP contribution in [0.25, 0.3) is 0 Å². The highest BCUT2D eigenvalue weighted by atomic mass is 16.6. The lowest BCUT2D eigenvalue weighted by Gasteiger charge is -2.31. The number of nitrogens with one attached hydrogen (secondary N) is 2. The maximum Gasteiger partial charge on any atom is 0.230 e. The van der Waals surface area contributed by atoms with Crippen LogP contribution in [-0.2, 0) is 14.4 Å². The number of hydrogen-bond donors (Lipinski definition) is 2. The summed E-state index contributed by atoms with van der Waals surface area (Å²) in [5.41, 5.74) is 2.22. The van der Waals surface area contributed by atoms with E-state index in [0.717, 1.165) is 39.3 Å². The van der Waals surface area contributed by atoms with Crippen LogP contribution in [0.4, 0.5) is 0 Å². The van der Waals surface area contributed by atoms with Crippen LogP contribution in [0.1, 0.15) is 6.42 Å². The first kappa shape index (κ1) is 11.8. The number of nitrogens with zero attached hydrogens (tertiary/aromatic N) is 1. The number of amides is 1. The van der Waals surface area contributed by atoms with Crippen LogP contribution in [0.15, 0.2) is 0 Å². The van der Waals surface area contributed by atoms with E-state index < -0.39 is 0 Å². The first-order chi connectivity index (χ1) is 7.90. The van der Waals surface area contributed by atoms with E-state index in [1.807, 2.05) is 0 Å². The van der Waals surface area contributed by atoms with Gasteiger partial charge in [-0.25, -0.2) is 5.48 Å². The maximum atomic E-state index is 10.0. The molecule has 2 saturated heterocycles. The molecule has 2 rings (SSSR count). The topological polar surface area (TPSA) is 62.8 Å². The van der Waals surface area contributed by atoms with Gasteiger partial charge < -0.3 is 10.1 Å². The Morgan fingerprint density at radius 3 is 3.06 bits per heavy atom. The van der Waals surface area contributed by atoms with E-state index in [0.29, 0.717) is 25.1 Å². The highest BCUT2D eigenvalue weighted by molar-refractivity contribution is 5.43. The van der Waals surface area contributed by atoms with Crippen molar-refractivity contribution in [2.24, 2.45) is 0 Å². The van der Waals surface area contributed by atoms with Crippen LogP contribution < -0.4 is 10.8 Å². The normalized spacial score (nSPS) is 31.5. The highest BCUT2D eigenvalue weighted by Gasteiger charge is 2.29. The Hall–Kier alpha value is -0.690. The number of hydrogen-bond acceptors (Lipinski definition) is 5. The second-order valence-corrected chi connectivity index (χ2v) is 4.19. The Morgan fingerprint density at radius 2 is 2.31 bits per heavy atom. The second kappa shape index (κ2) is 6.15. The van der Waals surface area contributed by atoms with Crippen molar-refractivity contribution in [1.29, 1.82) is 0 Å². The molecule has 1 amide bonds. The molecule has 6 heteroatoms. The standard InChI is InChI=1S/C10H19N3O3/c14-8-12-16-7-9-5-10(6-11-9)13-1-3-15-4-2-13/h8-11H,1-7H2,(H,12,14). The Labute approximate surface area is 95.2 Å². The van der Waals surface area contributed by atoms with E-state index in [2.05, 4.69) is 15.7 Å². The molecule has 2 N–H and O–H groups in total. The molecule has 0 aromatic heterocycles. The molecule has 2 fully saturated rings. The summed E-state index contributed by atoms with van der Waals surface area (Å²) in [5.74, 6) is 0. The molecule has 16 heavy (non-hydrogen) atoms. The summed E-state index contributed by atoms with van der Waals surface area (Å²) < 4.78 is 5.33. The predicted molar refractivity (Wildman–Crippen MR) is 57.7 cm³/mol. The summed E-state index contributed by atoms with van der Waals surface area (Å²) in [6, 6.07) is 0.911. The zero-order valence-corrected chi connectivity index (χ0v) is 9.35. The third-order valence-corrected chi connectivity index (χ3v) is 3.18. The average molecular weight is 229 g/mol. The molecule has 0 spiro atoms. The summed E-state index contributed by atoms with van der Waals surface area (Å²) >= 11 is 0. The van der Waals surface area contributed by atoms with Gasteiger partial charge in [-0.05, 0) is 6.42 Å². The molecule has 2 unspecified atom stereocenters. The number of rotatable bonds is 5. The van der Waals surface area contributed by atoms with Gasteiger partial charge in [-0.1, -0.05) is 0 Å². The van der Waals surface area contributed by atoms with Crippen molar-refractivity contribution < 1.29 is 14.4 Å². The third kappa shape index (κ3) is 3.15. The lowest BCUT2D eigenvalue weighted by Crippen LogP contribution is -2.44. The minimum atomic E-state index is 0.334. The van der Waals surface area contributed by atoms with Crippen LogP contribution in [0.3, 0.4) is 0 Å². The van der Waals surface area contributed by atoms with Gasteiger partial charge in [0.25, 0.3) is 0 Å². The minimum Gasteiger partial charge on any atom is -0.379 e. The molecule has 2 atom stereocenters. The molecule has 0 aromatic carbocycles. The molecule has 0 bridgehead atoms. The third-order valence-electron chi connectivity index (χ3n) is 3.18. The second-order valence-electron chi connectivity index (χ2n) is 4.19. The molecule has 0 saturated carbocycles. The van der Waals surface area contributed by atoms with Crippen LogP contribution in [0.5, 0.6) is 0 Å². The van der Waals surface area contributed by atoms with Gasteiger partial charge in [-0.15, -0.1) is 0 Å². The van der Waals surface area contributed by atoms with Crippen molar-refractivity contribution in [2.45, 2.75) is 18.5 Å². The Bertz CT molecular complexity index is 221. The average Bonchev–Trinajstić information content (AvgIpc) is 2.79. The van der Waals surface area contributed by atoms with Crippen molar-refractivity contribution in [2.75, 3.05) is 39.5 Å². The quantitative estimate of drug-likeness (QED) is 0.349. The Morgan fingerprint density at radius 1 is 1.50 bits per heavy atom. The van der Waals surface area contributed by atoms with Gasteiger partial charge in [0.2, 0.25) is 6.41 Å². The van der Waals surface area contributed by atoms with Crippen molar-refractivity contribution in [3.63, 3.8) is 0 Å². The lowest BCUT2D eigenvalue weighted by atomic mass is 10.1. The van der Waals surface area contributed by atoms with Gasteiger partial charge in [0, 0.05) is 31.7 Å². The van der Waals surface area contributed by atoms with E-state index in [1.165, 1.54) is 0 Å². The summed E-state index contributed by atoms with van der Waals surface area (Å²) in [4.78, 5) is 17.5. The van der Waals surface area contributed by atoms with Crippen molar-refractivity contribution in [3.05, 3.63) is 0 Å². The largest absolute Gasteiger partial charge is 0.379 e. The predicted octanol–water partition coefficient (Wildman–Crippen LogP) is -1.27. The van der Waals surface area contributed by atoms with Crippen LogP contribution in [-0.4, -0.2) is 62.8 Å². The molecular formula is C10H19N3O3. The zero-order chi connectivity index (χ0) is 11.2. The fourth-order valence-corrected chi connectivity index (χ4v) is 2.33. The van der Waals surface area contributed by atoms with E-state index in [1.54, 1.807) is 0 Å².